The average molecular weight is 517 g/mol. The zero-order valence-electron chi connectivity index (χ0n) is 20.8. The quantitative estimate of drug-likeness (QED) is 0.494. The molecule has 2 rings (SSSR count). The predicted octanol–water partition coefficient (Wildman–Crippen LogP) is 2.28. The van der Waals surface area contributed by atoms with Gasteiger partial charge in [0, 0.05) is 0 Å². The van der Waals surface area contributed by atoms with Gasteiger partial charge in [0.25, 0.3) is 0 Å². The first kappa shape index (κ1) is 34.0. The topological polar surface area (TPSA) is 0 Å². The SMILES string of the molecule is CC1=[C-]C(C(C)(C)C(C)(C)C)=CC1.CC1=[C-]C(C(C)(C)C(C)(C)C)=CC1.[Cl-].[Cl-].[Zr+4]. The molecule has 0 nitrogen and oxygen atoms in total. The van der Waals surface area contributed by atoms with E-state index in [9.17, 15) is 0 Å². The summed E-state index contributed by atoms with van der Waals surface area (Å²) in [5.41, 5.74) is 6.57. The van der Waals surface area contributed by atoms with Crippen LogP contribution in [0.1, 0.15) is 95.9 Å². The van der Waals surface area contributed by atoms with E-state index in [1.54, 1.807) is 0 Å². The molecule has 0 fully saturated rings. The van der Waals surface area contributed by atoms with Crippen LogP contribution in [0.2, 0.25) is 0 Å². The van der Waals surface area contributed by atoms with Gasteiger partial charge in [0.15, 0.2) is 0 Å². The second-order valence-corrected chi connectivity index (χ2v) is 11.2. The number of halogens is 2. The van der Waals surface area contributed by atoms with Gasteiger partial charge in [-0.05, 0) is 21.7 Å². The molecule has 2 aliphatic carbocycles. The van der Waals surface area contributed by atoms with E-state index in [0.29, 0.717) is 10.8 Å². The van der Waals surface area contributed by atoms with Crippen LogP contribution in [0.15, 0.2) is 34.4 Å². The summed E-state index contributed by atoms with van der Waals surface area (Å²) in [6, 6.07) is 0. The summed E-state index contributed by atoms with van der Waals surface area (Å²) >= 11 is 0. The van der Waals surface area contributed by atoms with Crippen molar-refractivity contribution in [3.63, 3.8) is 0 Å². The maximum Gasteiger partial charge on any atom is 4.00 e. The Morgan fingerprint density at radius 2 is 0.828 bits per heavy atom. The van der Waals surface area contributed by atoms with Gasteiger partial charge in [-0.15, -0.1) is 0 Å². The second kappa shape index (κ2) is 11.9. The van der Waals surface area contributed by atoms with Crippen molar-refractivity contribution in [3.8, 4) is 0 Å². The molecule has 0 saturated heterocycles. The monoisotopic (exact) mass is 514 g/mol. The van der Waals surface area contributed by atoms with Gasteiger partial charge in [-0.2, -0.15) is 11.1 Å². The zero-order valence-corrected chi connectivity index (χ0v) is 24.8. The van der Waals surface area contributed by atoms with Gasteiger partial charge in [-0.25, -0.2) is 35.5 Å². The zero-order chi connectivity index (χ0) is 20.6. The summed E-state index contributed by atoms with van der Waals surface area (Å²) in [5, 5.41) is 0. The smallest absolute Gasteiger partial charge is 1.00 e. The van der Waals surface area contributed by atoms with Crippen molar-refractivity contribution in [2.24, 2.45) is 21.7 Å². The van der Waals surface area contributed by atoms with Crippen molar-refractivity contribution in [1.82, 2.24) is 0 Å². The third-order valence-electron chi connectivity index (χ3n) is 7.02. The molecule has 0 aromatic carbocycles. The van der Waals surface area contributed by atoms with E-state index in [1.807, 2.05) is 0 Å². The molecule has 164 valence electrons. The van der Waals surface area contributed by atoms with Crippen LogP contribution in [0.25, 0.3) is 0 Å². The van der Waals surface area contributed by atoms with E-state index in [-0.39, 0.29) is 61.8 Å². The summed E-state index contributed by atoms with van der Waals surface area (Å²) in [6.07, 6.45) is 13.8. The molecule has 0 aliphatic heterocycles. The van der Waals surface area contributed by atoms with Crippen molar-refractivity contribution < 1.29 is 51.0 Å². The van der Waals surface area contributed by atoms with Crippen LogP contribution in [0.5, 0.6) is 0 Å². The first-order valence-corrected chi connectivity index (χ1v) is 10.1. The van der Waals surface area contributed by atoms with E-state index in [2.05, 4.69) is 107 Å². The van der Waals surface area contributed by atoms with Crippen LogP contribution in [0, 0.1) is 33.8 Å². The molecule has 0 bridgehead atoms. The van der Waals surface area contributed by atoms with Crippen molar-refractivity contribution in [3.05, 3.63) is 46.6 Å². The van der Waals surface area contributed by atoms with E-state index >= 15 is 0 Å². The molecule has 0 heterocycles. The summed E-state index contributed by atoms with van der Waals surface area (Å²) in [5.74, 6) is 0. The molecule has 0 atom stereocenters. The van der Waals surface area contributed by atoms with E-state index < -0.39 is 0 Å². The van der Waals surface area contributed by atoms with Crippen LogP contribution in [0.4, 0.5) is 0 Å². The predicted molar refractivity (Wildman–Crippen MR) is 117 cm³/mol. The fourth-order valence-corrected chi connectivity index (χ4v) is 2.81. The first-order valence-electron chi connectivity index (χ1n) is 10.1. The average Bonchev–Trinajstić information content (AvgIpc) is 3.06. The van der Waals surface area contributed by atoms with Crippen LogP contribution < -0.4 is 24.8 Å². The van der Waals surface area contributed by atoms with Gasteiger partial charge >= 0.3 is 26.2 Å². The molecule has 0 aromatic heterocycles. The summed E-state index contributed by atoms with van der Waals surface area (Å²) in [6.45, 7) is 27.3. The Kier molecular flexibility index (Phi) is 13.9. The number of rotatable bonds is 2. The Morgan fingerprint density at radius 1 is 0.586 bits per heavy atom. The van der Waals surface area contributed by atoms with Crippen LogP contribution in [-0.2, 0) is 26.2 Å². The molecule has 2 aliphatic rings. The molecule has 3 heteroatoms. The van der Waals surface area contributed by atoms with Gasteiger partial charge < -0.3 is 24.8 Å². The Bertz CT molecular complexity index is 587. The first-order chi connectivity index (χ1) is 11.5. The standard InChI is InChI=1S/2C13H21.2ClH.Zr/c2*1-10-7-8-11(9-10)13(5,6)12(2,3)4;;;/h2*8H,7H2,1-6H3;2*1H;/q2*-1;;;+4/p-2. The van der Waals surface area contributed by atoms with Crippen molar-refractivity contribution in [1.29, 1.82) is 0 Å². The van der Waals surface area contributed by atoms with Crippen molar-refractivity contribution in [2.75, 3.05) is 0 Å². The Hall–Kier alpha value is 0.423. The molecule has 0 unspecified atom stereocenters. The Labute approximate surface area is 214 Å². The van der Waals surface area contributed by atoms with Gasteiger partial charge in [0.1, 0.15) is 0 Å². The molecular weight excluding hydrogens is 474 g/mol. The van der Waals surface area contributed by atoms with E-state index in [0.717, 1.165) is 12.8 Å². The fourth-order valence-electron chi connectivity index (χ4n) is 2.81. The van der Waals surface area contributed by atoms with Crippen LogP contribution in [-0.4, -0.2) is 0 Å². The van der Waals surface area contributed by atoms with Gasteiger partial charge in [0.05, 0.1) is 0 Å². The van der Waals surface area contributed by atoms with Crippen LogP contribution in [0.3, 0.4) is 0 Å². The fraction of sp³-hybridized carbons (Fsp3) is 0.692. The number of hydrogen-bond acceptors (Lipinski definition) is 0. The molecule has 0 spiro atoms. The molecule has 0 saturated carbocycles. The van der Waals surface area contributed by atoms with E-state index in [4.69, 9.17) is 0 Å². The van der Waals surface area contributed by atoms with Crippen molar-refractivity contribution >= 4 is 0 Å². The number of hydrogen-bond donors (Lipinski definition) is 0. The third kappa shape index (κ3) is 8.46. The van der Waals surface area contributed by atoms with Gasteiger partial charge in [-0.3, -0.25) is 0 Å². The molecule has 0 amide bonds. The third-order valence-corrected chi connectivity index (χ3v) is 7.02. The largest absolute Gasteiger partial charge is 4.00 e. The van der Waals surface area contributed by atoms with Crippen molar-refractivity contribution in [2.45, 2.75) is 95.9 Å². The minimum absolute atomic E-state index is 0. The molecule has 29 heavy (non-hydrogen) atoms. The van der Waals surface area contributed by atoms with E-state index in [1.165, 1.54) is 22.3 Å². The number of allylic oxidation sites excluding steroid dienone is 8. The maximum absolute atomic E-state index is 3.48. The summed E-state index contributed by atoms with van der Waals surface area (Å²) in [7, 11) is 0. The van der Waals surface area contributed by atoms with Gasteiger partial charge in [-0.1, -0.05) is 95.9 Å². The second-order valence-electron chi connectivity index (χ2n) is 11.2. The molecule has 0 radical (unpaired) electrons. The Balaban J connectivity index is -0.000000422. The summed E-state index contributed by atoms with van der Waals surface area (Å²) < 4.78 is 0. The summed E-state index contributed by atoms with van der Waals surface area (Å²) in [4.78, 5) is 0. The maximum atomic E-state index is 3.48. The molecular formula is C26H42Cl2Zr. The van der Waals surface area contributed by atoms with Gasteiger partial charge in [0.2, 0.25) is 0 Å². The normalized spacial score (nSPS) is 16.7. The Morgan fingerprint density at radius 3 is 0.966 bits per heavy atom. The van der Waals surface area contributed by atoms with Crippen LogP contribution >= 0.6 is 0 Å². The minimum Gasteiger partial charge on any atom is -1.00 e. The molecule has 0 aromatic rings. The molecule has 0 N–H and O–H groups in total. The minimum atomic E-state index is 0.